The number of piperidine rings is 1. The van der Waals surface area contributed by atoms with Crippen molar-refractivity contribution in [3.05, 3.63) is 52.9 Å². The summed E-state index contributed by atoms with van der Waals surface area (Å²) in [5.74, 6) is 1.09. The van der Waals surface area contributed by atoms with Gasteiger partial charge < -0.3 is 9.73 Å². The summed E-state index contributed by atoms with van der Waals surface area (Å²) in [5.41, 5.74) is 0. The standard InChI is InChI=1S/C18H21ClN2O4S/c1-13-5-8-15(25-13)12-20-18(22)17-4-2-3-11-21(17)26(23,24)16-9-6-14(19)7-10-16/h5-10,17H,2-4,11-12H2,1H3,(H,20,22)/t17-/m1/s1. The maximum Gasteiger partial charge on any atom is 0.243 e. The van der Waals surface area contributed by atoms with Gasteiger partial charge in [0.25, 0.3) is 0 Å². The Morgan fingerprint density at radius 2 is 1.96 bits per heavy atom. The minimum absolute atomic E-state index is 0.142. The van der Waals surface area contributed by atoms with Crippen LogP contribution in [0, 0.1) is 6.92 Å². The number of amides is 1. The molecule has 1 aromatic heterocycles. The second kappa shape index (κ2) is 7.82. The Hall–Kier alpha value is -1.83. The van der Waals surface area contributed by atoms with Crippen molar-refractivity contribution in [3.8, 4) is 0 Å². The molecule has 3 rings (SSSR count). The largest absolute Gasteiger partial charge is 0.465 e. The molecule has 2 heterocycles. The van der Waals surface area contributed by atoms with Crippen molar-refractivity contribution < 1.29 is 17.6 Å². The first kappa shape index (κ1) is 18.9. The van der Waals surface area contributed by atoms with E-state index in [1.54, 1.807) is 6.07 Å². The topological polar surface area (TPSA) is 79.6 Å². The van der Waals surface area contributed by atoms with Crippen LogP contribution in [0.25, 0.3) is 0 Å². The molecular formula is C18H21ClN2O4S. The summed E-state index contributed by atoms with van der Waals surface area (Å²) in [4.78, 5) is 12.8. The fourth-order valence-electron chi connectivity index (χ4n) is 3.07. The maximum atomic E-state index is 13.0. The van der Waals surface area contributed by atoms with E-state index in [-0.39, 0.29) is 17.3 Å². The van der Waals surface area contributed by atoms with Gasteiger partial charge >= 0.3 is 0 Å². The number of nitrogens with one attached hydrogen (secondary N) is 1. The molecular weight excluding hydrogens is 376 g/mol. The number of aryl methyl sites for hydroxylation is 1. The lowest BCUT2D eigenvalue weighted by Crippen LogP contribution is -2.51. The van der Waals surface area contributed by atoms with Gasteiger partial charge in [0, 0.05) is 11.6 Å². The number of carbonyl (C=O) groups is 1. The molecule has 0 spiro atoms. The highest BCUT2D eigenvalue weighted by Crippen LogP contribution is 2.26. The zero-order chi connectivity index (χ0) is 18.7. The fourth-order valence-corrected chi connectivity index (χ4v) is 4.85. The van der Waals surface area contributed by atoms with Crippen LogP contribution in [-0.2, 0) is 21.4 Å². The highest BCUT2D eigenvalue weighted by Gasteiger charge is 2.37. The van der Waals surface area contributed by atoms with Crippen LogP contribution in [0.15, 0.2) is 45.7 Å². The number of rotatable bonds is 5. The summed E-state index contributed by atoms with van der Waals surface area (Å²) in [6.45, 7) is 2.38. The van der Waals surface area contributed by atoms with E-state index in [1.165, 1.54) is 28.6 Å². The summed E-state index contributed by atoms with van der Waals surface area (Å²) in [6, 6.07) is 8.89. The first-order chi connectivity index (χ1) is 12.4. The minimum Gasteiger partial charge on any atom is -0.465 e. The van der Waals surface area contributed by atoms with E-state index in [9.17, 15) is 13.2 Å². The third kappa shape index (κ3) is 4.11. The molecule has 1 amide bonds. The normalized spacial score (nSPS) is 18.6. The molecule has 140 valence electrons. The highest BCUT2D eigenvalue weighted by molar-refractivity contribution is 7.89. The predicted octanol–water partition coefficient (Wildman–Crippen LogP) is 3.10. The van der Waals surface area contributed by atoms with Crippen LogP contribution in [0.2, 0.25) is 5.02 Å². The average Bonchev–Trinajstić information content (AvgIpc) is 3.05. The molecule has 0 radical (unpaired) electrons. The van der Waals surface area contributed by atoms with E-state index < -0.39 is 16.1 Å². The zero-order valence-electron chi connectivity index (χ0n) is 14.4. The van der Waals surface area contributed by atoms with E-state index >= 15 is 0 Å². The molecule has 0 bridgehead atoms. The van der Waals surface area contributed by atoms with Gasteiger partial charge in [-0.15, -0.1) is 0 Å². The van der Waals surface area contributed by atoms with Crippen LogP contribution in [-0.4, -0.2) is 31.2 Å². The van der Waals surface area contributed by atoms with Gasteiger partial charge in [-0.1, -0.05) is 18.0 Å². The summed E-state index contributed by atoms with van der Waals surface area (Å²) < 4.78 is 32.7. The number of hydrogen-bond acceptors (Lipinski definition) is 4. The van der Waals surface area contributed by atoms with Crippen molar-refractivity contribution in [3.63, 3.8) is 0 Å². The summed E-state index contributed by atoms with van der Waals surface area (Å²) in [5, 5.41) is 3.25. The van der Waals surface area contributed by atoms with Crippen LogP contribution in [0.5, 0.6) is 0 Å². The van der Waals surface area contributed by atoms with Gasteiger partial charge in [0.05, 0.1) is 11.4 Å². The van der Waals surface area contributed by atoms with Gasteiger partial charge in [0.2, 0.25) is 15.9 Å². The van der Waals surface area contributed by atoms with Crippen LogP contribution < -0.4 is 5.32 Å². The third-order valence-corrected chi connectivity index (χ3v) is 6.58. The number of sulfonamides is 1. The first-order valence-corrected chi connectivity index (χ1v) is 10.3. The molecule has 26 heavy (non-hydrogen) atoms. The van der Waals surface area contributed by atoms with Gasteiger partial charge in [0.1, 0.15) is 17.6 Å². The Bertz CT molecular complexity index is 877. The van der Waals surface area contributed by atoms with Crippen molar-refractivity contribution in [2.75, 3.05) is 6.54 Å². The lowest BCUT2D eigenvalue weighted by atomic mass is 10.0. The molecule has 1 fully saturated rings. The molecule has 1 saturated heterocycles. The molecule has 0 saturated carbocycles. The first-order valence-electron chi connectivity index (χ1n) is 8.48. The monoisotopic (exact) mass is 396 g/mol. The predicted molar refractivity (Wildman–Crippen MR) is 98.3 cm³/mol. The number of furan rings is 1. The number of benzene rings is 1. The maximum absolute atomic E-state index is 13.0. The Kier molecular flexibility index (Phi) is 5.70. The summed E-state index contributed by atoms with van der Waals surface area (Å²) >= 11 is 5.85. The van der Waals surface area contributed by atoms with Crippen molar-refractivity contribution in [1.82, 2.24) is 9.62 Å². The molecule has 2 aromatic rings. The van der Waals surface area contributed by atoms with Gasteiger partial charge in [-0.25, -0.2) is 8.42 Å². The number of hydrogen-bond donors (Lipinski definition) is 1. The third-order valence-electron chi connectivity index (χ3n) is 4.41. The van der Waals surface area contributed by atoms with Crippen LogP contribution in [0.3, 0.4) is 0 Å². The second-order valence-corrected chi connectivity index (χ2v) is 8.64. The SMILES string of the molecule is Cc1ccc(CNC(=O)[C@H]2CCCCN2S(=O)(=O)c2ccc(Cl)cc2)o1. The summed E-state index contributed by atoms with van der Waals surface area (Å²) in [6.07, 6.45) is 2.04. The quantitative estimate of drug-likeness (QED) is 0.842. The smallest absolute Gasteiger partial charge is 0.243 e. The van der Waals surface area contributed by atoms with Gasteiger partial charge in [-0.3, -0.25) is 4.79 Å². The van der Waals surface area contributed by atoms with Crippen molar-refractivity contribution in [1.29, 1.82) is 0 Å². The van der Waals surface area contributed by atoms with E-state index in [0.717, 1.165) is 18.6 Å². The molecule has 0 unspecified atom stereocenters. The number of nitrogens with zero attached hydrogens (tertiary/aromatic N) is 1. The van der Waals surface area contributed by atoms with Crippen LogP contribution >= 0.6 is 11.6 Å². The molecule has 6 nitrogen and oxygen atoms in total. The lowest BCUT2D eigenvalue weighted by Gasteiger charge is -2.33. The second-order valence-electron chi connectivity index (χ2n) is 6.31. The Labute approximate surface area is 158 Å². The molecule has 1 aliphatic heterocycles. The van der Waals surface area contributed by atoms with Crippen molar-refractivity contribution in [2.24, 2.45) is 0 Å². The van der Waals surface area contributed by atoms with E-state index in [4.69, 9.17) is 16.0 Å². The Morgan fingerprint density at radius 3 is 2.62 bits per heavy atom. The number of carbonyl (C=O) groups excluding carboxylic acids is 1. The van der Waals surface area contributed by atoms with E-state index in [0.29, 0.717) is 23.7 Å². The number of halogens is 1. The highest BCUT2D eigenvalue weighted by atomic mass is 35.5. The van der Waals surface area contributed by atoms with Crippen molar-refractivity contribution >= 4 is 27.5 Å². The fraction of sp³-hybridized carbons (Fsp3) is 0.389. The molecule has 1 N–H and O–H groups in total. The summed E-state index contributed by atoms with van der Waals surface area (Å²) in [7, 11) is -3.76. The lowest BCUT2D eigenvalue weighted by molar-refractivity contribution is -0.125. The van der Waals surface area contributed by atoms with E-state index in [2.05, 4.69) is 5.32 Å². The molecule has 1 atom stereocenters. The van der Waals surface area contributed by atoms with Crippen LogP contribution in [0.4, 0.5) is 0 Å². The Balaban J connectivity index is 1.76. The van der Waals surface area contributed by atoms with Crippen LogP contribution in [0.1, 0.15) is 30.8 Å². The molecule has 0 aliphatic carbocycles. The van der Waals surface area contributed by atoms with Crippen molar-refractivity contribution in [2.45, 2.75) is 43.7 Å². The molecule has 1 aliphatic rings. The Morgan fingerprint density at radius 1 is 1.23 bits per heavy atom. The average molecular weight is 397 g/mol. The van der Waals surface area contributed by atoms with Gasteiger partial charge in [-0.05, 0) is 56.2 Å². The minimum atomic E-state index is -3.76. The zero-order valence-corrected chi connectivity index (χ0v) is 16.0. The van der Waals surface area contributed by atoms with E-state index in [1.807, 2.05) is 13.0 Å². The van der Waals surface area contributed by atoms with Gasteiger partial charge in [-0.2, -0.15) is 4.31 Å². The molecule has 1 aromatic carbocycles. The molecule has 8 heteroatoms. The van der Waals surface area contributed by atoms with Gasteiger partial charge in [0.15, 0.2) is 0 Å².